The van der Waals surface area contributed by atoms with E-state index in [1.165, 1.54) is 16.7 Å². The van der Waals surface area contributed by atoms with Crippen molar-refractivity contribution in [3.8, 4) is 0 Å². The molecule has 0 aliphatic carbocycles. The average Bonchev–Trinajstić information content (AvgIpc) is 2.36. The maximum atomic E-state index is 3.69. The molecule has 0 aliphatic rings. The van der Waals surface area contributed by atoms with E-state index in [1.54, 1.807) is 0 Å². The predicted octanol–water partition coefficient (Wildman–Crippen LogP) is 5.07. The van der Waals surface area contributed by atoms with Crippen LogP contribution < -0.4 is 5.32 Å². The van der Waals surface area contributed by atoms with Gasteiger partial charge in [0.05, 0.1) is 0 Å². The maximum absolute atomic E-state index is 3.69. The highest BCUT2D eigenvalue weighted by molar-refractivity contribution is 5.24. The van der Waals surface area contributed by atoms with Gasteiger partial charge in [0.15, 0.2) is 0 Å². The first-order chi connectivity index (χ1) is 9.38. The number of allylic oxidation sites excluding steroid dienone is 1. The molecule has 1 aromatic rings. The molecule has 0 amide bonds. The minimum absolute atomic E-state index is 0.471. The van der Waals surface area contributed by atoms with Gasteiger partial charge in [0.2, 0.25) is 0 Å². The van der Waals surface area contributed by atoms with Gasteiger partial charge in [0.25, 0.3) is 0 Å². The summed E-state index contributed by atoms with van der Waals surface area (Å²) >= 11 is 0. The normalized spacial score (nSPS) is 14.2. The Morgan fingerprint density at radius 1 is 1.10 bits per heavy atom. The van der Waals surface area contributed by atoms with Gasteiger partial charge < -0.3 is 5.32 Å². The van der Waals surface area contributed by atoms with E-state index in [0.717, 1.165) is 13.0 Å². The molecule has 112 valence electrons. The van der Waals surface area contributed by atoms with Crippen molar-refractivity contribution >= 4 is 0 Å². The van der Waals surface area contributed by atoms with Crippen LogP contribution in [0.25, 0.3) is 0 Å². The van der Waals surface area contributed by atoms with E-state index in [9.17, 15) is 0 Å². The highest BCUT2D eigenvalue weighted by atomic mass is 14.9. The Hall–Kier alpha value is -1.08. The first-order valence-electron chi connectivity index (χ1n) is 7.83. The van der Waals surface area contributed by atoms with Gasteiger partial charge in [-0.2, -0.15) is 0 Å². The SMILES string of the molecule is CC(C)=C[C@@H](C[C@H](C)c1ccc(C)cc1)NCC(C)C. The van der Waals surface area contributed by atoms with Crippen molar-refractivity contribution in [2.24, 2.45) is 5.92 Å². The van der Waals surface area contributed by atoms with Gasteiger partial charge in [-0.3, -0.25) is 0 Å². The van der Waals surface area contributed by atoms with Crippen LogP contribution in [0.3, 0.4) is 0 Å². The minimum Gasteiger partial charge on any atom is -0.310 e. The van der Waals surface area contributed by atoms with Crippen molar-refractivity contribution < 1.29 is 0 Å². The highest BCUT2D eigenvalue weighted by Gasteiger charge is 2.12. The third-order valence-electron chi connectivity index (χ3n) is 3.58. The Morgan fingerprint density at radius 3 is 2.20 bits per heavy atom. The molecule has 2 atom stereocenters. The fourth-order valence-electron chi connectivity index (χ4n) is 2.41. The lowest BCUT2D eigenvalue weighted by molar-refractivity contribution is 0.468. The number of hydrogen-bond donors (Lipinski definition) is 1. The lowest BCUT2D eigenvalue weighted by Crippen LogP contribution is -2.32. The lowest BCUT2D eigenvalue weighted by atomic mass is 9.92. The van der Waals surface area contributed by atoms with Crippen molar-refractivity contribution in [3.63, 3.8) is 0 Å². The van der Waals surface area contributed by atoms with Crippen LogP contribution in [0.4, 0.5) is 0 Å². The first-order valence-corrected chi connectivity index (χ1v) is 7.83. The second kappa shape index (κ2) is 8.26. The zero-order valence-electron chi connectivity index (χ0n) is 14.0. The Morgan fingerprint density at radius 2 is 1.70 bits per heavy atom. The van der Waals surface area contributed by atoms with Crippen molar-refractivity contribution in [1.29, 1.82) is 0 Å². The van der Waals surface area contributed by atoms with Gasteiger partial charge in [-0.25, -0.2) is 0 Å². The van der Waals surface area contributed by atoms with E-state index < -0.39 is 0 Å². The molecule has 20 heavy (non-hydrogen) atoms. The van der Waals surface area contributed by atoms with E-state index in [2.05, 4.69) is 77.2 Å². The molecule has 0 aliphatic heterocycles. The van der Waals surface area contributed by atoms with Crippen LogP contribution in [0, 0.1) is 12.8 Å². The first kappa shape index (κ1) is 17.0. The zero-order chi connectivity index (χ0) is 15.1. The highest BCUT2D eigenvalue weighted by Crippen LogP contribution is 2.22. The second-order valence-electron chi connectivity index (χ2n) is 6.70. The summed E-state index contributed by atoms with van der Waals surface area (Å²) in [7, 11) is 0. The molecule has 0 fully saturated rings. The number of aryl methyl sites for hydroxylation is 1. The van der Waals surface area contributed by atoms with Crippen LogP contribution >= 0.6 is 0 Å². The summed E-state index contributed by atoms with van der Waals surface area (Å²) in [6.45, 7) is 14.4. The van der Waals surface area contributed by atoms with Gasteiger partial charge in [-0.1, -0.05) is 62.2 Å². The Kier molecular flexibility index (Phi) is 7.01. The maximum Gasteiger partial charge on any atom is 0.0258 e. The Balaban J connectivity index is 2.67. The van der Waals surface area contributed by atoms with E-state index in [1.807, 2.05) is 0 Å². The van der Waals surface area contributed by atoms with Crippen molar-refractivity contribution in [3.05, 3.63) is 47.0 Å². The van der Waals surface area contributed by atoms with Crippen LogP contribution in [0.15, 0.2) is 35.9 Å². The molecule has 0 aromatic heterocycles. The monoisotopic (exact) mass is 273 g/mol. The van der Waals surface area contributed by atoms with E-state index >= 15 is 0 Å². The molecule has 0 saturated heterocycles. The number of nitrogens with one attached hydrogen (secondary N) is 1. The molecule has 1 aromatic carbocycles. The predicted molar refractivity (Wildman–Crippen MR) is 90.3 cm³/mol. The Bertz CT molecular complexity index is 410. The molecule has 1 heteroatoms. The summed E-state index contributed by atoms with van der Waals surface area (Å²) in [6, 6.07) is 9.43. The van der Waals surface area contributed by atoms with Gasteiger partial charge in [-0.05, 0) is 51.1 Å². The number of rotatable bonds is 7. The molecular weight excluding hydrogens is 242 g/mol. The van der Waals surface area contributed by atoms with Gasteiger partial charge in [-0.15, -0.1) is 0 Å². The minimum atomic E-state index is 0.471. The fourth-order valence-corrected chi connectivity index (χ4v) is 2.41. The Labute approximate surface area is 125 Å². The van der Waals surface area contributed by atoms with Gasteiger partial charge in [0.1, 0.15) is 0 Å². The number of benzene rings is 1. The van der Waals surface area contributed by atoms with Crippen LogP contribution in [0.1, 0.15) is 58.1 Å². The summed E-state index contributed by atoms with van der Waals surface area (Å²) in [5, 5.41) is 3.69. The van der Waals surface area contributed by atoms with Crippen molar-refractivity contribution in [1.82, 2.24) is 5.32 Å². The molecule has 1 N–H and O–H groups in total. The topological polar surface area (TPSA) is 12.0 Å². The van der Waals surface area contributed by atoms with Gasteiger partial charge >= 0.3 is 0 Å². The molecule has 0 bridgehead atoms. The zero-order valence-corrected chi connectivity index (χ0v) is 14.0. The quantitative estimate of drug-likeness (QED) is 0.684. The summed E-state index contributed by atoms with van der Waals surface area (Å²) in [5.74, 6) is 1.27. The largest absolute Gasteiger partial charge is 0.310 e. The second-order valence-corrected chi connectivity index (χ2v) is 6.70. The van der Waals surface area contributed by atoms with E-state index in [-0.39, 0.29) is 0 Å². The lowest BCUT2D eigenvalue weighted by Gasteiger charge is -2.22. The van der Waals surface area contributed by atoms with E-state index in [0.29, 0.717) is 17.9 Å². The third kappa shape index (κ3) is 6.38. The molecule has 0 spiro atoms. The molecule has 0 saturated carbocycles. The molecule has 1 rings (SSSR count). The van der Waals surface area contributed by atoms with E-state index in [4.69, 9.17) is 0 Å². The van der Waals surface area contributed by atoms with Crippen molar-refractivity contribution in [2.45, 2.75) is 59.9 Å². The molecular formula is C19H31N. The summed E-state index contributed by atoms with van der Waals surface area (Å²) < 4.78 is 0. The third-order valence-corrected chi connectivity index (χ3v) is 3.58. The molecule has 0 heterocycles. The van der Waals surface area contributed by atoms with Crippen LogP contribution in [-0.2, 0) is 0 Å². The standard InChI is InChI=1S/C19H31N/c1-14(2)11-19(20-13-15(3)4)12-17(6)18-9-7-16(5)8-10-18/h7-11,15,17,19-20H,12-13H2,1-6H3/t17-,19-/m0/s1. The van der Waals surface area contributed by atoms with Gasteiger partial charge in [0, 0.05) is 6.04 Å². The van der Waals surface area contributed by atoms with Crippen LogP contribution in [0.2, 0.25) is 0 Å². The summed E-state index contributed by atoms with van der Waals surface area (Å²) in [4.78, 5) is 0. The van der Waals surface area contributed by atoms with Crippen LogP contribution in [-0.4, -0.2) is 12.6 Å². The van der Waals surface area contributed by atoms with Crippen molar-refractivity contribution in [2.75, 3.05) is 6.54 Å². The molecule has 0 radical (unpaired) electrons. The summed E-state index contributed by atoms with van der Waals surface area (Å²) in [6.07, 6.45) is 3.52. The van der Waals surface area contributed by atoms with Crippen LogP contribution in [0.5, 0.6) is 0 Å². The smallest absolute Gasteiger partial charge is 0.0258 e. The summed E-state index contributed by atoms with van der Waals surface area (Å²) in [5.41, 5.74) is 4.16. The average molecular weight is 273 g/mol. The fraction of sp³-hybridized carbons (Fsp3) is 0.579. The number of hydrogen-bond acceptors (Lipinski definition) is 1. The molecule has 1 nitrogen and oxygen atoms in total. The molecule has 0 unspecified atom stereocenters.